The molecule has 25 heavy (non-hydrogen) atoms. The standard InChI is InChI=1S/C18H24FN5.HI/c1-20-17(21-10-4-12-24-13-5-11-23-24)22-14-18(8-9-18)15-6-2-3-7-16(15)19;/h2-3,5-7,11,13H,4,8-10,12,14H2,1H3,(H2,20,21,22);1H. The van der Waals surface area contributed by atoms with Crippen molar-refractivity contribution in [1.82, 2.24) is 20.4 Å². The number of nitrogens with one attached hydrogen (secondary N) is 2. The van der Waals surface area contributed by atoms with Crippen molar-refractivity contribution in [3.8, 4) is 0 Å². The molecule has 0 bridgehead atoms. The molecule has 7 heteroatoms. The van der Waals surface area contributed by atoms with Crippen LogP contribution in [0.3, 0.4) is 0 Å². The van der Waals surface area contributed by atoms with E-state index in [-0.39, 0.29) is 35.2 Å². The highest BCUT2D eigenvalue weighted by Crippen LogP contribution is 2.48. The van der Waals surface area contributed by atoms with Gasteiger partial charge in [0.05, 0.1) is 0 Å². The molecule has 136 valence electrons. The largest absolute Gasteiger partial charge is 0.356 e. The van der Waals surface area contributed by atoms with Crippen LogP contribution in [0.2, 0.25) is 0 Å². The second kappa shape index (κ2) is 9.17. The average Bonchev–Trinajstić information content (AvgIpc) is 3.20. The van der Waals surface area contributed by atoms with Gasteiger partial charge in [-0.15, -0.1) is 24.0 Å². The maximum atomic E-state index is 14.0. The van der Waals surface area contributed by atoms with Crippen molar-refractivity contribution in [2.75, 3.05) is 20.1 Å². The Labute approximate surface area is 165 Å². The number of aryl methyl sites for hydroxylation is 1. The molecule has 5 nitrogen and oxygen atoms in total. The van der Waals surface area contributed by atoms with E-state index in [0.717, 1.165) is 43.9 Å². The first-order valence-corrected chi connectivity index (χ1v) is 8.40. The molecular weight excluding hydrogens is 432 g/mol. The van der Waals surface area contributed by atoms with Crippen molar-refractivity contribution in [2.45, 2.75) is 31.2 Å². The fourth-order valence-corrected chi connectivity index (χ4v) is 2.94. The lowest BCUT2D eigenvalue weighted by atomic mass is 9.95. The molecule has 0 spiro atoms. The Morgan fingerprint density at radius 2 is 2.08 bits per heavy atom. The summed E-state index contributed by atoms with van der Waals surface area (Å²) in [5.41, 5.74) is 0.726. The Morgan fingerprint density at radius 1 is 1.28 bits per heavy atom. The van der Waals surface area contributed by atoms with Gasteiger partial charge in [0.25, 0.3) is 0 Å². The van der Waals surface area contributed by atoms with Gasteiger partial charge in [-0.1, -0.05) is 18.2 Å². The topological polar surface area (TPSA) is 54.2 Å². The highest BCUT2D eigenvalue weighted by Gasteiger charge is 2.45. The minimum absolute atomic E-state index is 0. The first kappa shape index (κ1) is 19.7. The predicted molar refractivity (Wildman–Crippen MR) is 109 cm³/mol. The molecule has 0 amide bonds. The molecule has 0 aliphatic heterocycles. The van der Waals surface area contributed by atoms with Crippen LogP contribution in [0.15, 0.2) is 47.7 Å². The first-order valence-electron chi connectivity index (χ1n) is 8.40. The number of guanidine groups is 1. The normalized spacial score (nSPS) is 15.4. The lowest BCUT2D eigenvalue weighted by Crippen LogP contribution is -2.41. The molecule has 0 unspecified atom stereocenters. The van der Waals surface area contributed by atoms with Gasteiger partial charge in [0.2, 0.25) is 0 Å². The number of aromatic nitrogens is 2. The number of halogens is 2. The number of benzene rings is 1. The lowest BCUT2D eigenvalue weighted by molar-refractivity contribution is 0.553. The maximum Gasteiger partial charge on any atom is 0.191 e. The summed E-state index contributed by atoms with van der Waals surface area (Å²) in [4.78, 5) is 4.25. The lowest BCUT2D eigenvalue weighted by Gasteiger charge is -2.19. The third kappa shape index (κ3) is 5.17. The van der Waals surface area contributed by atoms with Crippen molar-refractivity contribution in [3.05, 3.63) is 54.1 Å². The molecule has 0 saturated heterocycles. The SMILES string of the molecule is CN=C(NCCCn1cccn1)NCC1(c2ccccc2F)CC1.I. The maximum absolute atomic E-state index is 14.0. The summed E-state index contributed by atoms with van der Waals surface area (Å²) in [6.45, 7) is 2.38. The summed E-state index contributed by atoms with van der Waals surface area (Å²) < 4.78 is 15.9. The zero-order chi connectivity index (χ0) is 16.8. The van der Waals surface area contributed by atoms with Crippen LogP contribution in [0, 0.1) is 5.82 Å². The molecule has 1 heterocycles. The van der Waals surface area contributed by atoms with E-state index in [4.69, 9.17) is 0 Å². The summed E-state index contributed by atoms with van der Waals surface area (Å²) in [6.07, 6.45) is 6.72. The van der Waals surface area contributed by atoms with Gasteiger partial charge in [-0.2, -0.15) is 5.10 Å². The quantitative estimate of drug-likeness (QED) is 0.291. The zero-order valence-corrected chi connectivity index (χ0v) is 16.7. The Bertz CT molecular complexity index is 683. The van der Waals surface area contributed by atoms with Crippen LogP contribution < -0.4 is 10.6 Å². The number of aliphatic imine (C=N–C) groups is 1. The minimum atomic E-state index is -0.112. The third-order valence-electron chi connectivity index (χ3n) is 4.53. The molecule has 1 aromatic heterocycles. The monoisotopic (exact) mass is 457 g/mol. The van der Waals surface area contributed by atoms with Crippen molar-refractivity contribution in [1.29, 1.82) is 0 Å². The van der Waals surface area contributed by atoms with Crippen molar-refractivity contribution < 1.29 is 4.39 Å². The Morgan fingerprint density at radius 3 is 2.72 bits per heavy atom. The van der Waals surface area contributed by atoms with Crippen LogP contribution in [-0.4, -0.2) is 35.9 Å². The van der Waals surface area contributed by atoms with E-state index in [2.05, 4.69) is 20.7 Å². The summed E-state index contributed by atoms with van der Waals surface area (Å²) >= 11 is 0. The van der Waals surface area contributed by atoms with Gasteiger partial charge in [0.15, 0.2) is 5.96 Å². The predicted octanol–water partition coefficient (Wildman–Crippen LogP) is 2.93. The second-order valence-electron chi connectivity index (χ2n) is 6.24. The van der Waals surface area contributed by atoms with E-state index in [9.17, 15) is 4.39 Å². The first-order chi connectivity index (χ1) is 11.7. The summed E-state index contributed by atoms with van der Waals surface area (Å²) in [5.74, 6) is 0.650. The number of nitrogens with zero attached hydrogens (tertiary/aromatic N) is 3. The van der Waals surface area contributed by atoms with Crippen LogP contribution in [0.1, 0.15) is 24.8 Å². The van der Waals surface area contributed by atoms with Gasteiger partial charge >= 0.3 is 0 Å². The van der Waals surface area contributed by atoms with Gasteiger partial charge in [-0.25, -0.2) is 4.39 Å². The zero-order valence-electron chi connectivity index (χ0n) is 14.4. The van der Waals surface area contributed by atoms with E-state index >= 15 is 0 Å². The van der Waals surface area contributed by atoms with Gasteiger partial charge in [-0.05, 0) is 37.0 Å². The Hall–Kier alpha value is -1.64. The fourth-order valence-electron chi connectivity index (χ4n) is 2.94. The van der Waals surface area contributed by atoms with Crippen LogP contribution in [-0.2, 0) is 12.0 Å². The minimum Gasteiger partial charge on any atom is -0.356 e. The van der Waals surface area contributed by atoms with E-state index in [1.165, 1.54) is 6.07 Å². The molecule has 1 aliphatic rings. The number of rotatable bonds is 7. The van der Waals surface area contributed by atoms with E-state index < -0.39 is 0 Å². The Balaban J connectivity index is 0.00000225. The number of hydrogen-bond acceptors (Lipinski definition) is 2. The van der Waals surface area contributed by atoms with Crippen LogP contribution >= 0.6 is 24.0 Å². The van der Waals surface area contributed by atoms with Gasteiger partial charge in [0.1, 0.15) is 5.82 Å². The highest BCUT2D eigenvalue weighted by atomic mass is 127. The summed E-state index contributed by atoms with van der Waals surface area (Å²) in [5, 5.41) is 10.8. The molecule has 1 aromatic carbocycles. The van der Waals surface area contributed by atoms with Crippen LogP contribution in [0.25, 0.3) is 0 Å². The van der Waals surface area contributed by atoms with E-state index in [1.807, 2.05) is 29.1 Å². The average molecular weight is 457 g/mol. The smallest absolute Gasteiger partial charge is 0.191 e. The van der Waals surface area contributed by atoms with Crippen LogP contribution in [0.4, 0.5) is 4.39 Å². The van der Waals surface area contributed by atoms with E-state index in [0.29, 0.717) is 6.54 Å². The molecule has 2 aromatic rings. The van der Waals surface area contributed by atoms with Gasteiger partial charge < -0.3 is 10.6 Å². The van der Waals surface area contributed by atoms with Crippen molar-refractivity contribution >= 4 is 29.9 Å². The molecule has 3 rings (SSSR count). The molecule has 1 fully saturated rings. The summed E-state index contributed by atoms with van der Waals surface area (Å²) in [6, 6.07) is 9.00. The van der Waals surface area contributed by atoms with Gasteiger partial charge in [0, 0.05) is 44.5 Å². The number of hydrogen-bond donors (Lipinski definition) is 2. The molecule has 0 radical (unpaired) electrons. The fraction of sp³-hybridized carbons (Fsp3) is 0.444. The van der Waals surface area contributed by atoms with E-state index in [1.54, 1.807) is 19.3 Å². The molecule has 0 atom stereocenters. The molecular formula is C18H25FIN5. The molecule has 1 saturated carbocycles. The van der Waals surface area contributed by atoms with Crippen molar-refractivity contribution in [2.24, 2.45) is 4.99 Å². The summed E-state index contributed by atoms with van der Waals surface area (Å²) in [7, 11) is 1.76. The second-order valence-corrected chi connectivity index (χ2v) is 6.24. The van der Waals surface area contributed by atoms with Crippen LogP contribution in [0.5, 0.6) is 0 Å². The Kier molecular flexibility index (Phi) is 7.22. The molecule has 1 aliphatic carbocycles. The molecule has 2 N–H and O–H groups in total. The van der Waals surface area contributed by atoms with Gasteiger partial charge in [-0.3, -0.25) is 9.67 Å². The third-order valence-corrected chi connectivity index (χ3v) is 4.53. The van der Waals surface area contributed by atoms with Crippen molar-refractivity contribution in [3.63, 3.8) is 0 Å². The highest BCUT2D eigenvalue weighted by molar-refractivity contribution is 14.0.